The number of nitrogens with two attached hydrogens (primary N) is 2. The molecule has 0 spiro atoms. The van der Waals surface area contributed by atoms with Crippen molar-refractivity contribution in [3.05, 3.63) is 0 Å². The first-order valence-electron chi connectivity index (χ1n) is 11.3. The van der Waals surface area contributed by atoms with Gasteiger partial charge in [0.05, 0.1) is 13.2 Å². The van der Waals surface area contributed by atoms with Gasteiger partial charge in [0.2, 0.25) is 11.8 Å². The number of rotatable bonds is 18. The second-order valence-corrected chi connectivity index (χ2v) is 7.84. The van der Waals surface area contributed by atoms with Crippen LogP contribution in [0.5, 0.6) is 0 Å². The SMILES string of the molecule is CCCCCCCCC[C@@H](CC(N)=O)N(CCC)C(=O)[C@@H](N)CCCC(=O)OC.Cl. The van der Waals surface area contributed by atoms with Gasteiger partial charge < -0.3 is 21.1 Å². The van der Waals surface area contributed by atoms with Gasteiger partial charge in [0.1, 0.15) is 0 Å². The van der Waals surface area contributed by atoms with Gasteiger partial charge in [-0.25, -0.2) is 0 Å². The van der Waals surface area contributed by atoms with E-state index in [1.165, 1.54) is 39.2 Å². The molecule has 0 unspecified atom stereocenters. The first-order chi connectivity index (χ1) is 13.9. The Labute approximate surface area is 189 Å². The van der Waals surface area contributed by atoms with E-state index in [1.54, 1.807) is 4.90 Å². The highest BCUT2D eigenvalue weighted by Gasteiger charge is 2.28. The third-order valence-electron chi connectivity index (χ3n) is 5.21. The summed E-state index contributed by atoms with van der Waals surface area (Å²) in [6.07, 6.45) is 11.1. The van der Waals surface area contributed by atoms with Crippen LogP contribution in [0.4, 0.5) is 0 Å². The molecule has 0 bridgehead atoms. The Morgan fingerprint density at radius 2 is 1.50 bits per heavy atom. The molecule has 8 heteroatoms. The fraction of sp³-hybridized carbons (Fsp3) is 0.864. The standard InChI is InChI=1S/C22H43N3O4.ClH/c1-4-6-7-8-9-10-11-13-18(17-20(24)26)25(16-5-2)22(28)19(23)14-12-15-21(27)29-3;/h18-19H,4-17,23H2,1-3H3,(H2,24,26);1H/t18-,19-;/m0./s1. The lowest BCUT2D eigenvalue weighted by atomic mass is 9.99. The van der Waals surface area contributed by atoms with Crippen molar-refractivity contribution in [3.8, 4) is 0 Å². The predicted molar refractivity (Wildman–Crippen MR) is 123 cm³/mol. The zero-order valence-corrected chi connectivity index (χ0v) is 20.0. The summed E-state index contributed by atoms with van der Waals surface area (Å²) in [5.41, 5.74) is 11.6. The highest BCUT2D eigenvalue weighted by atomic mass is 35.5. The maximum Gasteiger partial charge on any atom is 0.305 e. The Hall–Kier alpha value is -1.34. The van der Waals surface area contributed by atoms with Crippen molar-refractivity contribution in [2.75, 3.05) is 13.7 Å². The average molecular weight is 450 g/mol. The third kappa shape index (κ3) is 14.6. The third-order valence-corrected chi connectivity index (χ3v) is 5.21. The number of carbonyl (C=O) groups is 3. The second-order valence-electron chi connectivity index (χ2n) is 7.84. The van der Waals surface area contributed by atoms with Crippen molar-refractivity contribution in [1.29, 1.82) is 0 Å². The van der Waals surface area contributed by atoms with Gasteiger partial charge in [-0.3, -0.25) is 14.4 Å². The van der Waals surface area contributed by atoms with E-state index in [9.17, 15) is 14.4 Å². The van der Waals surface area contributed by atoms with Crippen LogP contribution in [0.15, 0.2) is 0 Å². The monoisotopic (exact) mass is 449 g/mol. The number of halogens is 1. The van der Waals surface area contributed by atoms with E-state index in [1.807, 2.05) is 6.92 Å². The highest BCUT2D eigenvalue weighted by Crippen LogP contribution is 2.18. The van der Waals surface area contributed by atoms with Gasteiger partial charge in [0.15, 0.2) is 0 Å². The molecule has 30 heavy (non-hydrogen) atoms. The molecule has 0 saturated carbocycles. The van der Waals surface area contributed by atoms with Crippen LogP contribution in [0, 0.1) is 0 Å². The van der Waals surface area contributed by atoms with Crippen molar-refractivity contribution in [2.24, 2.45) is 11.5 Å². The van der Waals surface area contributed by atoms with E-state index in [-0.39, 0.29) is 43.2 Å². The number of ether oxygens (including phenoxy) is 1. The number of methoxy groups -OCH3 is 1. The van der Waals surface area contributed by atoms with Crippen LogP contribution in [0.1, 0.15) is 97.3 Å². The molecule has 2 amide bonds. The number of hydrogen-bond acceptors (Lipinski definition) is 5. The molecule has 0 aromatic heterocycles. The van der Waals surface area contributed by atoms with Gasteiger partial charge >= 0.3 is 5.97 Å². The highest BCUT2D eigenvalue weighted by molar-refractivity contribution is 5.85. The minimum absolute atomic E-state index is 0. The largest absolute Gasteiger partial charge is 0.469 e. The van der Waals surface area contributed by atoms with Gasteiger partial charge in [-0.15, -0.1) is 12.4 Å². The van der Waals surface area contributed by atoms with Crippen LogP contribution in [-0.2, 0) is 19.1 Å². The molecule has 2 atom stereocenters. The summed E-state index contributed by atoms with van der Waals surface area (Å²) in [5.74, 6) is -0.863. The Morgan fingerprint density at radius 1 is 0.900 bits per heavy atom. The minimum Gasteiger partial charge on any atom is -0.469 e. The summed E-state index contributed by atoms with van der Waals surface area (Å²) >= 11 is 0. The number of carbonyl (C=O) groups excluding carboxylic acids is 3. The smallest absolute Gasteiger partial charge is 0.305 e. The molecule has 0 aliphatic heterocycles. The second kappa shape index (κ2) is 19.6. The van der Waals surface area contributed by atoms with Crippen LogP contribution < -0.4 is 11.5 Å². The Kier molecular flexibility index (Phi) is 20.2. The molecule has 0 aromatic rings. The summed E-state index contributed by atoms with van der Waals surface area (Å²) in [7, 11) is 1.34. The van der Waals surface area contributed by atoms with E-state index in [2.05, 4.69) is 11.7 Å². The zero-order valence-electron chi connectivity index (χ0n) is 19.2. The molecule has 0 fully saturated rings. The van der Waals surface area contributed by atoms with E-state index in [0.717, 1.165) is 25.7 Å². The average Bonchev–Trinajstić information content (AvgIpc) is 2.69. The van der Waals surface area contributed by atoms with E-state index in [4.69, 9.17) is 11.5 Å². The van der Waals surface area contributed by atoms with Gasteiger partial charge in [-0.1, -0.05) is 58.8 Å². The van der Waals surface area contributed by atoms with Gasteiger partial charge in [-0.05, 0) is 25.7 Å². The molecule has 0 rings (SSSR count). The van der Waals surface area contributed by atoms with E-state index >= 15 is 0 Å². The number of primary amides is 1. The number of unbranched alkanes of at least 4 members (excludes halogenated alkanes) is 6. The van der Waals surface area contributed by atoms with Gasteiger partial charge in [-0.2, -0.15) is 0 Å². The quantitative estimate of drug-likeness (QED) is 0.244. The summed E-state index contributed by atoms with van der Waals surface area (Å²) < 4.78 is 4.62. The van der Waals surface area contributed by atoms with E-state index in [0.29, 0.717) is 19.4 Å². The molecule has 0 saturated heterocycles. The number of hydrogen-bond donors (Lipinski definition) is 2. The topological polar surface area (TPSA) is 116 Å². The number of esters is 1. The molecule has 0 aliphatic rings. The maximum atomic E-state index is 12.9. The van der Waals surface area contributed by atoms with Gasteiger partial charge in [0, 0.05) is 25.4 Å². The molecule has 0 radical (unpaired) electrons. The summed E-state index contributed by atoms with van der Waals surface area (Å²) in [4.78, 5) is 37.5. The predicted octanol–water partition coefficient (Wildman–Crippen LogP) is 3.70. The summed E-state index contributed by atoms with van der Waals surface area (Å²) in [5, 5.41) is 0. The molecule has 4 N–H and O–H groups in total. The van der Waals surface area contributed by atoms with E-state index < -0.39 is 11.9 Å². The lowest BCUT2D eigenvalue weighted by Crippen LogP contribution is -2.50. The first-order valence-corrected chi connectivity index (χ1v) is 11.3. The van der Waals surface area contributed by atoms with Crippen LogP contribution in [0.2, 0.25) is 0 Å². The Morgan fingerprint density at radius 3 is 2.03 bits per heavy atom. The van der Waals surface area contributed by atoms with Crippen molar-refractivity contribution < 1.29 is 19.1 Å². The van der Waals surface area contributed by atoms with Crippen LogP contribution in [-0.4, -0.2) is 48.4 Å². The fourth-order valence-electron chi connectivity index (χ4n) is 3.56. The molecular formula is C22H44ClN3O4. The summed E-state index contributed by atoms with van der Waals surface area (Å²) in [6.45, 7) is 4.75. The van der Waals surface area contributed by atoms with Crippen molar-refractivity contribution in [3.63, 3.8) is 0 Å². The molecule has 0 aliphatic carbocycles. The Balaban J connectivity index is 0. The molecular weight excluding hydrogens is 406 g/mol. The van der Waals surface area contributed by atoms with Gasteiger partial charge in [0.25, 0.3) is 0 Å². The fourth-order valence-corrected chi connectivity index (χ4v) is 3.56. The summed E-state index contributed by atoms with van der Waals surface area (Å²) in [6, 6.07) is -0.891. The van der Waals surface area contributed by atoms with Crippen molar-refractivity contribution in [2.45, 2.75) is 109 Å². The Bertz CT molecular complexity index is 477. The number of amides is 2. The maximum absolute atomic E-state index is 12.9. The molecule has 0 heterocycles. The lowest BCUT2D eigenvalue weighted by Gasteiger charge is -2.33. The molecule has 0 aromatic carbocycles. The number of nitrogens with zero attached hydrogens (tertiary/aromatic N) is 1. The molecule has 178 valence electrons. The van der Waals surface area contributed by atoms with Crippen LogP contribution >= 0.6 is 12.4 Å². The van der Waals surface area contributed by atoms with Crippen molar-refractivity contribution in [1.82, 2.24) is 4.90 Å². The van der Waals surface area contributed by atoms with Crippen molar-refractivity contribution >= 4 is 30.2 Å². The zero-order chi connectivity index (χ0) is 22.1. The van der Waals surface area contributed by atoms with Crippen LogP contribution in [0.3, 0.4) is 0 Å². The first kappa shape index (κ1) is 30.9. The molecule has 7 nitrogen and oxygen atoms in total. The normalized spacial score (nSPS) is 12.5. The minimum atomic E-state index is -0.685. The van der Waals surface area contributed by atoms with Crippen LogP contribution in [0.25, 0.3) is 0 Å². The lowest BCUT2D eigenvalue weighted by molar-refractivity contribution is -0.141.